The summed E-state index contributed by atoms with van der Waals surface area (Å²) in [6.07, 6.45) is 3.85. The molecule has 1 heterocycles. The van der Waals surface area contributed by atoms with E-state index in [0.29, 0.717) is 18.3 Å². The Morgan fingerprint density at radius 3 is 2.77 bits per heavy atom. The van der Waals surface area contributed by atoms with Crippen molar-refractivity contribution in [1.82, 2.24) is 5.32 Å². The molecule has 3 unspecified atom stereocenters. The second-order valence-electron chi connectivity index (χ2n) is 8.43. The molecule has 0 aromatic heterocycles. The predicted octanol–water partition coefficient (Wildman–Crippen LogP) is 4.23. The highest BCUT2D eigenvalue weighted by atomic mass is 32.2. The van der Waals surface area contributed by atoms with Crippen LogP contribution in [0, 0.1) is 11.8 Å². The molecule has 2 amide bonds. The topological polar surface area (TPSA) is 49.4 Å². The molecule has 0 saturated heterocycles. The minimum absolute atomic E-state index is 0.0210. The maximum absolute atomic E-state index is 12.9. The predicted molar refractivity (Wildman–Crippen MR) is 107 cm³/mol. The molecule has 1 aromatic carbocycles. The second-order valence-corrected chi connectivity index (χ2v) is 10.2. The second kappa shape index (κ2) is 7.63. The van der Waals surface area contributed by atoms with E-state index in [4.69, 9.17) is 0 Å². The molecule has 0 radical (unpaired) electrons. The first-order chi connectivity index (χ1) is 12.3. The number of anilines is 1. The molecule has 1 fully saturated rings. The summed E-state index contributed by atoms with van der Waals surface area (Å²) in [6.45, 7) is 8.75. The Bertz CT molecular complexity index is 688. The van der Waals surface area contributed by atoms with Crippen molar-refractivity contribution in [3.8, 4) is 0 Å². The summed E-state index contributed by atoms with van der Waals surface area (Å²) >= 11 is 1.71. The fourth-order valence-corrected chi connectivity index (χ4v) is 5.27. The molecule has 4 nitrogen and oxygen atoms in total. The van der Waals surface area contributed by atoms with Gasteiger partial charge in [0.15, 0.2) is 0 Å². The highest BCUT2D eigenvalue weighted by Crippen LogP contribution is 2.43. The zero-order chi connectivity index (χ0) is 18.9. The lowest BCUT2D eigenvalue weighted by Crippen LogP contribution is -2.48. The van der Waals surface area contributed by atoms with Crippen molar-refractivity contribution in [2.24, 2.45) is 11.8 Å². The normalized spacial score (nSPS) is 28.2. The van der Waals surface area contributed by atoms with Gasteiger partial charge in [-0.15, -0.1) is 11.8 Å². The Kier molecular flexibility index (Phi) is 5.66. The molecule has 1 aliphatic heterocycles. The zero-order valence-electron chi connectivity index (χ0n) is 16.2. The summed E-state index contributed by atoms with van der Waals surface area (Å²) in [5, 5.41) is 3.20. The Balaban J connectivity index is 1.75. The lowest BCUT2D eigenvalue weighted by molar-refractivity contribution is -0.124. The van der Waals surface area contributed by atoms with Crippen molar-refractivity contribution in [2.45, 2.75) is 69.1 Å². The maximum Gasteiger partial charge on any atom is 0.240 e. The van der Waals surface area contributed by atoms with E-state index < -0.39 is 0 Å². The molecule has 5 heteroatoms. The van der Waals surface area contributed by atoms with Crippen LogP contribution >= 0.6 is 11.8 Å². The first kappa shape index (κ1) is 19.3. The molecular formula is C21H30N2O2S. The monoisotopic (exact) mass is 374 g/mol. The van der Waals surface area contributed by atoms with Gasteiger partial charge in [-0.05, 0) is 44.2 Å². The van der Waals surface area contributed by atoms with E-state index in [0.717, 1.165) is 23.4 Å². The molecule has 1 aromatic rings. The van der Waals surface area contributed by atoms with Gasteiger partial charge in [0, 0.05) is 22.1 Å². The first-order valence-corrected chi connectivity index (χ1v) is 10.5. The molecule has 26 heavy (non-hydrogen) atoms. The summed E-state index contributed by atoms with van der Waals surface area (Å²) in [5.74, 6) is 1.08. The third kappa shape index (κ3) is 4.25. The Labute approximate surface area is 161 Å². The van der Waals surface area contributed by atoms with Gasteiger partial charge in [0.25, 0.3) is 0 Å². The van der Waals surface area contributed by atoms with Crippen molar-refractivity contribution in [3.05, 3.63) is 24.3 Å². The summed E-state index contributed by atoms with van der Waals surface area (Å²) in [4.78, 5) is 28.4. The zero-order valence-corrected chi connectivity index (χ0v) is 17.1. The van der Waals surface area contributed by atoms with E-state index in [2.05, 4.69) is 33.0 Å². The number of thioether (sulfide) groups is 1. The van der Waals surface area contributed by atoms with E-state index in [-0.39, 0.29) is 29.1 Å². The van der Waals surface area contributed by atoms with Crippen LogP contribution in [0.3, 0.4) is 0 Å². The number of fused-ring (bicyclic) bond motifs is 1. The van der Waals surface area contributed by atoms with Gasteiger partial charge in [-0.1, -0.05) is 38.8 Å². The third-order valence-electron chi connectivity index (χ3n) is 5.78. The van der Waals surface area contributed by atoms with Gasteiger partial charge in [-0.25, -0.2) is 0 Å². The van der Waals surface area contributed by atoms with Crippen LogP contribution in [0.1, 0.15) is 53.4 Å². The molecule has 3 rings (SSSR count). The van der Waals surface area contributed by atoms with Crippen LogP contribution in [0.25, 0.3) is 0 Å². The number of carbonyl (C=O) groups is 2. The average Bonchev–Trinajstić information content (AvgIpc) is 2.65. The van der Waals surface area contributed by atoms with Crippen LogP contribution < -0.4 is 10.2 Å². The van der Waals surface area contributed by atoms with Crippen molar-refractivity contribution >= 4 is 29.3 Å². The fraction of sp³-hybridized carbons (Fsp3) is 0.619. The van der Waals surface area contributed by atoms with Gasteiger partial charge in [0.05, 0.1) is 5.69 Å². The van der Waals surface area contributed by atoms with Crippen molar-refractivity contribution in [1.29, 1.82) is 0 Å². The molecule has 0 spiro atoms. The molecule has 0 bridgehead atoms. The Hall–Kier alpha value is -1.49. The van der Waals surface area contributed by atoms with Gasteiger partial charge >= 0.3 is 0 Å². The number of benzene rings is 1. The SMILES string of the molecule is CC1CCCC(NC(=O)CN2C(=O)CC(C)(C)Sc3ccccc32)C1C. The van der Waals surface area contributed by atoms with Crippen LogP contribution in [0.5, 0.6) is 0 Å². The number of amides is 2. The van der Waals surface area contributed by atoms with Gasteiger partial charge in [-0.2, -0.15) is 0 Å². The number of para-hydroxylation sites is 1. The summed E-state index contributed by atoms with van der Waals surface area (Å²) < 4.78 is -0.175. The van der Waals surface area contributed by atoms with E-state index >= 15 is 0 Å². The van der Waals surface area contributed by atoms with Gasteiger partial charge in [0.2, 0.25) is 11.8 Å². The number of rotatable bonds is 3. The molecular weight excluding hydrogens is 344 g/mol. The van der Waals surface area contributed by atoms with Crippen LogP contribution in [-0.4, -0.2) is 29.1 Å². The Morgan fingerprint density at radius 1 is 1.27 bits per heavy atom. The lowest BCUT2D eigenvalue weighted by Gasteiger charge is -2.35. The molecule has 1 aliphatic carbocycles. The van der Waals surface area contributed by atoms with E-state index in [9.17, 15) is 9.59 Å². The quantitative estimate of drug-likeness (QED) is 0.861. The van der Waals surface area contributed by atoms with Crippen LogP contribution in [0.4, 0.5) is 5.69 Å². The largest absolute Gasteiger partial charge is 0.352 e. The van der Waals surface area contributed by atoms with Crippen LogP contribution in [-0.2, 0) is 9.59 Å². The van der Waals surface area contributed by atoms with E-state index in [1.807, 2.05) is 24.3 Å². The van der Waals surface area contributed by atoms with Crippen LogP contribution in [0.2, 0.25) is 0 Å². The molecule has 1 N–H and O–H groups in total. The van der Waals surface area contributed by atoms with Crippen LogP contribution in [0.15, 0.2) is 29.2 Å². The molecule has 142 valence electrons. The fourth-order valence-electron chi connectivity index (χ4n) is 4.05. The first-order valence-electron chi connectivity index (χ1n) is 9.64. The molecule has 1 saturated carbocycles. The highest BCUT2D eigenvalue weighted by molar-refractivity contribution is 8.00. The number of hydrogen-bond donors (Lipinski definition) is 1. The standard InChI is InChI=1S/C21H30N2O2S/c1-14-8-7-9-16(15(14)2)22-19(24)13-23-17-10-5-6-11-18(17)26-21(3,4)12-20(23)25/h5-6,10-11,14-16H,7-9,12-13H2,1-4H3,(H,22,24). The minimum atomic E-state index is -0.175. The lowest BCUT2D eigenvalue weighted by atomic mass is 9.78. The maximum atomic E-state index is 12.9. The smallest absolute Gasteiger partial charge is 0.240 e. The van der Waals surface area contributed by atoms with Crippen molar-refractivity contribution in [3.63, 3.8) is 0 Å². The average molecular weight is 375 g/mol. The van der Waals surface area contributed by atoms with Crippen molar-refractivity contribution in [2.75, 3.05) is 11.4 Å². The van der Waals surface area contributed by atoms with E-state index in [1.165, 1.54) is 6.42 Å². The van der Waals surface area contributed by atoms with Gasteiger partial charge in [-0.3, -0.25) is 9.59 Å². The number of hydrogen-bond acceptors (Lipinski definition) is 3. The minimum Gasteiger partial charge on any atom is -0.352 e. The number of nitrogens with zero attached hydrogens (tertiary/aromatic N) is 1. The van der Waals surface area contributed by atoms with Gasteiger partial charge < -0.3 is 10.2 Å². The molecule has 3 atom stereocenters. The van der Waals surface area contributed by atoms with Gasteiger partial charge in [0.1, 0.15) is 6.54 Å². The summed E-state index contributed by atoms with van der Waals surface area (Å²) in [5.41, 5.74) is 0.855. The van der Waals surface area contributed by atoms with E-state index in [1.54, 1.807) is 16.7 Å². The highest BCUT2D eigenvalue weighted by Gasteiger charge is 2.34. The summed E-state index contributed by atoms with van der Waals surface area (Å²) in [6, 6.07) is 8.12. The Morgan fingerprint density at radius 2 is 2.00 bits per heavy atom. The van der Waals surface area contributed by atoms with Crippen molar-refractivity contribution < 1.29 is 9.59 Å². The number of carbonyl (C=O) groups excluding carboxylic acids is 2. The summed E-state index contributed by atoms with van der Waals surface area (Å²) in [7, 11) is 0. The molecule has 2 aliphatic rings. The number of nitrogens with one attached hydrogen (secondary N) is 1. The third-order valence-corrected chi connectivity index (χ3v) is 7.04.